The number of hydrogen-bond acceptors (Lipinski definition) is 4. The highest BCUT2D eigenvalue weighted by atomic mass is 16.2. The average Bonchev–Trinajstić information content (AvgIpc) is 2.97. The standard InChI is InChI=1S/C20H21N5O2/c1-13-11-17(26)16(12-21-13)20(27)22-15-7-8-18-23-24-19(25(18)10-9-15)14-5-3-2-4-6-14/h2-6,11-12,15H,7-10H2,1H3,(H,21,26)(H,22,27). The fourth-order valence-electron chi connectivity index (χ4n) is 3.45. The molecule has 0 fully saturated rings. The molecule has 1 aliphatic rings. The summed E-state index contributed by atoms with van der Waals surface area (Å²) in [4.78, 5) is 27.4. The Morgan fingerprint density at radius 1 is 1.22 bits per heavy atom. The molecule has 0 spiro atoms. The lowest BCUT2D eigenvalue weighted by molar-refractivity contribution is 0.0931. The largest absolute Gasteiger partial charge is 0.364 e. The molecule has 2 N–H and O–H groups in total. The monoisotopic (exact) mass is 363 g/mol. The van der Waals surface area contributed by atoms with Gasteiger partial charge in [-0.3, -0.25) is 9.59 Å². The minimum atomic E-state index is -0.331. The SMILES string of the molecule is Cc1cc(=O)c(C(=O)NC2CCc3nnc(-c4ccccc4)n3CC2)c[nH]1. The topological polar surface area (TPSA) is 92.7 Å². The number of rotatable bonds is 3. The van der Waals surface area contributed by atoms with Crippen molar-refractivity contribution in [2.45, 2.75) is 38.8 Å². The normalized spacial score (nSPS) is 16.4. The maximum absolute atomic E-state index is 12.5. The van der Waals surface area contributed by atoms with Crippen LogP contribution >= 0.6 is 0 Å². The lowest BCUT2D eigenvalue weighted by atomic mass is 10.1. The Balaban J connectivity index is 1.48. The zero-order chi connectivity index (χ0) is 18.8. The van der Waals surface area contributed by atoms with Crippen LogP contribution in [0.1, 0.15) is 34.7 Å². The van der Waals surface area contributed by atoms with E-state index in [-0.39, 0.29) is 22.9 Å². The number of H-pyrrole nitrogens is 1. The molecule has 1 amide bonds. The zero-order valence-electron chi connectivity index (χ0n) is 15.1. The van der Waals surface area contributed by atoms with Gasteiger partial charge in [0.15, 0.2) is 11.3 Å². The number of nitrogens with one attached hydrogen (secondary N) is 2. The van der Waals surface area contributed by atoms with Crippen molar-refractivity contribution in [3.8, 4) is 11.4 Å². The summed E-state index contributed by atoms with van der Waals surface area (Å²) in [5.74, 6) is 1.45. The van der Waals surface area contributed by atoms with E-state index in [0.29, 0.717) is 0 Å². The molecule has 3 aromatic rings. The summed E-state index contributed by atoms with van der Waals surface area (Å²) in [5.41, 5.74) is 1.65. The van der Waals surface area contributed by atoms with Crippen LogP contribution in [0.5, 0.6) is 0 Å². The first-order valence-electron chi connectivity index (χ1n) is 9.09. The van der Waals surface area contributed by atoms with Gasteiger partial charge in [0.05, 0.1) is 0 Å². The number of aryl methyl sites for hydroxylation is 2. The van der Waals surface area contributed by atoms with Crippen molar-refractivity contribution in [1.82, 2.24) is 25.1 Å². The van der Waals surface area contributed by atoms with Gasteiger partial charge in [-0.1, -0.05) is 30.3 Å². The number of amides is 1. The Hall–Kier alpha value is -3.22. The number of benzene rings is 1. The summed E-state index contributed by atoms with van der Waals surface area (Å²) >= 11 is 0. The minimum absolute atomic E-state index is 0.0106. The Bertz CT molecular complexity index is 1020. The van der Waals surface area contributed by atoms with E-state index in [0.717, 1.165) is 48.7 Å². The predicted molar refractivity (Wildman–Crippen MR) is 101 cm³/mol. The number of carbonyl (C=O) groups excluding carboxylic acids is 1. The van der Waals surface area contributed by atoms with Crippen molar-refractivity contribution in [2.24, 2.45) is 0 Å². The van der Waals surface area contributed by atoms with Gasteiger partial charge in [-0.15, -0.1) is 10.2 Å². The van der Waals surface area contributed by atoms with E-state index in [1.54, 1.807) is 6.92 Å². The van der Waals surface area contributed by atoms with Crippen LogP contribution in [0.4, 0.5) is 0 Å². The molecule has 2 aromatic heterocycles. The molecule has 1 aromatic carbocycles. The molecular formula is C20H21N5O2. The van der Waals surface area contributed by atoms with Crippen LogP contribution < -0.4 is 10.7 Å². The van der Waals surface area contributed by atoms with Crippen molar-refractivity contribution in [1.29, 1.82) is 0 Å². The quantitative estimate of drug-likeness (QED) is 0.745. The number of pyridine rings is 1. The molecule has 138 valence electrons. The molecule has 7 heteroatoms. The number of aromatic nitrogens is 4. The van der Waals surface area contributed by atoms with E-state index in [1.165, 1.54) is 12.3 Å². The highest BCUT2D eigenvalue weighted by Crippen LogP contribution is 2.22. The summed E-state index contributed by atoms with van der Waals surface area (Å²) in [6.07, 6.45) is 3.74. The van der Waals surface area contributed by atoms with E-state index in [1.807, 2.05) is 30.3 Å². The zero-order valence-corrected chi connectivity index (χ0v) is 15.1. The highest BCUT2D eigenvalue weighted by molar-refractivity contribution is 5.93. The molecule has 0 saturated heterocycles. The van der Waals surface area contributed by atoms with Crippen LogP contribution in [0, 0.1) is 6.92 Å². The average molecular weight is 363 g/mol. The number of carbonyl (C=O) groups is 1. The fourth-order valence-corrected chi connectivity index (χ4v) is 3.45. The molecule has 1 unspecified atom stereocenters. The second-order valence-electron chi connectivity index (χ2n) is 6.85. The van der Waals surface area contributed by atoms with Gasteiger partial charge in [0.2, 0.25) is 0 Å². The predicted octanol–water partition coefficient (Wildman–Crippen LogP) is 2.08. The molecule has 4 rings (SSSR count). The van der Waals surface area contributed by atoms with Gasteiger partial charge < -0.3 is 14.9 Å². The summed E-state index contributed by atoms with van der Waals surface area (Å²) in [7, 11) is 0. The van der Waals surface area contributed by atoms with Crippen LogP contribution in [-0.2, 0) is 13.0 Å². The summed E-state index contributed by atoms with van der Waals surface area (Å²) in [6, 6.07) is 11.4. The molecule has 0 radical (unpaired) electrons. The minimum Gasteiger partial charge on any atom is -0.364 e. The van der Waals surface area contributed by atoms with Crippen LogP contribution in [0.15, 0.2) is 47.4 Å². The third-order valence-corrected chi connectivity index (χ3v) is 4.91. The molecule has 1 atom stereocenters. The summed E-state index contributed by atoms with van der Waals surface area (Å²) < 4.78 is 2.13. The molecule has 1 aliphatic heterocycles. The second-order valence-corrected chi connectivity index (χ2v) is 6.85. The fraction of sp³-hybridized carbons (Fsp3) is 0.300. The van der Waals surface area contributed by atoms with Gasteiger partial charge in [0.1, 0.15) is 11.4 Å². The number of hydrogen-bond donors (Lipinski definition) is 2. The molecule has 7 nitrogen and oxygen atoms in total. The van der Waals surface area contributed by atoms with Gasteiger partial charge in [0.25, 0.3) is 5.91 Å². The van der Waals surface area contributed by atoms with Crippen molar-refractivity contribution in [3.63, 3.8) is 0 Å². The van der Waals surface area contributed by atoms with E-state index in [9.17, 15) is 9.59 Å². The summed E-state index contributed by atoms with van der Waals surface area (Å²) in [5, 5.41) is 11.7. The van der Waals surface area contributed by atoms with Gasteiger partial charge in [-0.05, 0) is 19.8 Å². The highest BCUT2D eigenvalue weighted by Gasteiger charge is 2.23. The first-order chi connectivity index (χ1) is 13.1. The number of fused-ring (bicyclic) bond motifs is 1. The number of nitrogens with zero attached hydrogens (tertiary/aromatic N) is 3. The molecule has 0 aliphatic carbocycles. The second kappa shape index (κ2) is 7.19. The van der Waals surface area contributed by atoms with Crippen LogP contribution in [0.25, 0.3) is 11.4 Å². The summed E-state index contributed by atoms with van der Waals surface area (Å²) in [6.45, 7) is 2.51. The molecule has 3 heterocycles. The third kappa shape index (κ3) is 3.53. The van der Waals surface area contributed by atoms with Crippen LogP contribution in [0.2, 0.25) is 0 Å². The van der Waals surface area contributed by atoms with Crippen LogP contribution in [0.3, 0.4) is 0 Å². The Labute approximate surface area is 156 Å². The smallest absolute Gasteiger partial charge is 0.256 e. The van der Waals surface area contributed by atoms with Crippen LogP contribution in [-0.4, -0.2) is 31.7 Å². The van der Waals surface area contributed by atoms with Crippen molar-refractivity contribution < 1.29 is 4.79 Å². The first-order valence-corrected chi connectivity index (χ1v) is 9.09. The van der Waals surface area contributed by atoms with Gasteiger partial charge in [-0.2, -0.15) is 0 Å². The lowest BCUT2D eigenvalue weighted by Gasteiger charge is -2.16. The van der Waals surface area contributed by atoms with Crippen molar-refractivity contribution in [2.75, 3.05) is 0 Å². The van der Waals surface area contributed by atoms with Crippen molar-refractivity contribution >= 4 is 5.91 Å². The molecule has 0 saturated carbocycles. The Kier molecular flexibility index (Phi) is 4.58. The van der Waals surface area contributed by atoms with E-state index in [2.05, 4.69) is 25.1 Å². The first kappa shape index (κ1) is 17.2. The van der Waals surface area contributed by atoms with E-state index in [4.69, 9.17) is 0 Å². The maximum Gasteiger partial charge on any atom is 0.256 e. The van der Waals surface area contributed by atoms with Gasteiger partial charge >= 0.3 is 0 Å². The Morgan fingerprint density at radius 2 is 2.04 bits per heavy atom. The molecular weight excluding hydrogens is 342 g/mol. The maximum atomic E-state index is 12.5. The van der Waals surface area contributed by atoms with Gasteiger partial charge in [0, 0.05) is 42.5 Å². The molecule has 0 bridgehead atoms. The lowest BCUT2D eigenvalue weighted by Crippen LogP contribution is -2.37. The molecule has 27 heavy (non-hydrogen) atoms. The number of aromatic amines is 1. The van der Waals surface area contributed by atoms with Gasteiger partial charge in [-0.25, -0.2) is 0 Å². The Morgan fingerprint density at radius 3 is 2.81 bits per heavy atom. The third-order valence-electron chi connectivity index (χ3n) is 4.91. The van der Waals surface area contributed by atoms with E-state index < -0.39 is 0 Å². The van der Waals surface area contributed by atoms with Crippen molar-refractivity contribution in [3.05, 3.63) is 69.9 Å². The van der Waals surface area contributed by atoms with E-state index >= 15 is 0 Å².